The number of aromatic hydroxyl groups is 12. The standard InChI is InChI=1S/C18H22O2.C15H10F6O2.C13H10O3.2C12H10O4S/c1-4-13(2)18(3,14-5-9-16(19)10-6-14)15-7-11-17(20)12-8-15;16-14(17,18)13(15(19,20)21,9-1-5-11(22)6-2-9)10-3-7-12(23)8-4-10;14-11-5-1-9(2-6-11)13(16)10-3-7-12(15)8-4-10;13-7-1-3-11(9(15)5-7)17-12-4-2-8(14)6-10(12)16;13-9-5-7-10(8-6-9)17(15,16)12-4-2-1-3-11(12)14/h5-13,19-20H,4H2,1-3H3;1-8,22-23H;1-8,14-15H;1-6,13-16H;1-8,13-14H. The Morgan fingerprint density at radius 3 is 0.989 bits per heavy atom. The number of para-hydroxylation sites is 1. The van der Waals surface area contributed by atoms with Crippen molar-refractivity contribution in [3.63, 3.8) is 0 Å². The van der Waals surface area contributed by atoms with E-state index in [1.807, 2.05) is 24.3 Å². The number of halogens is 6. The molecule has 0 saturated carbocycles. The van der Waals surface area contributed by atoms with E-state index in [9.17, 15) is 65.1 Å². The molecule has 10 aromatic rings. The van der Waals surface area contributed by atoms with Crippen molar-refractivity contribution in [1.29, 1.82) is 0 Å². The topological polar surface area (TPSA) is 294 Å². The van der Waals surface area contributed by atoms with Gasteiger partial charge in [0.1, 0.15) is 73.9 Å². The van der Waals surface area contributed by atoms with Gasteiger partial charge in [-0.15, -0.1) is 0 Å². The Hall–Kier alpha value is -10.7. The van der Waals surface area contributed by atoms with E-state index in [1.54, 1.807) is 66.7 Å². The largest absolute Gasteiger partial charge is 0.508 e. The highest BCUT2D eigenvalue weighted by Gasteiger charge is 2.72. The molecule has 23 heteroatoms. The average Bonchev–Trinajstić information content (AvgIpc) is 0.720. The van der Waals surface area contributed by atoms with Crippen molar-refractivity contribution < 1.29 is 101 Å². The lowest BCUT2D eigenvalue weighted by Gasteiger charge is -2.38. The molecule has 0 amide bonds. The molecule has 0 radical (unpaired) electrons. The zero-order valence-corrected chi connectivity index (χ0v) is 51.0. The zero-order valence-electron chi connectivity index (χ0n) is 49.4. The van der Waals surface area contributed by atoms with Gasteiger partial charge >= 0.3 is 12.4 Å². The minimum absolute atomic E-state index is 0.0127. The van der Waals surface area contributed by atoms with Crippen LogP contribution in [-0.2, 0) is 20.7 Å². The molecule has 93 heavy (non-hydrogen) atoms. The van der Waals surface area contributed by atoms with E-state index in [4.69, 9.17) is 35.7 Å². The van der Waals surface area contributed by atoms with Crippen molar-refractivity contribution in [2.24, 2.45) is 5.92 Å². The van der Waals surface area contributed by atoms with Gasteiger partial charge in [0.2, 0.25) is 15.3 Å². The zero-order chi connectivity index (χ0) is 68.6. The molecule has 0 heterocycles. The normalized spacial score (nSPS) is 11.8. The third-order valence-electron chi connectivity index (χ3n) is 14.6. The van der Waals surface area contributed by atoms with Gasteiger partial charge in [-0.05, 0) is 186 Å². The first-order chi connectivity index (χ1) is 43.7. The van der Waals surface area contributed by atoms with Crippen LogP contribution in [0, 0.1) is 5.92 Å². The fourth-order valence-corrected chi connectivity index (χ4v) is 11.5. The van der Waals surface area contributed by atoms with Gasteiger partial charge in [0.25, 0.3) is 0 Å². The summed E-state index contributed by atoms with van der Waals surface area (Å²) in [5.74, 6) is -0.288. The molecule has 0 aliphatic rings. The maximum atomic E-state index is 13.6. The molecular formula is C70H62F6O15S2. The van der Waals surface area contributed by atoms with Crippen molar-refractivity contribution >= 4 is 27.4 Å². The maximum Gasteiger partial charge on any atom is 0.411 e. The van der Waals surface area contributed by atoms with Crippen molar-refractivity contribution in [2.75, 3.05) is 0 Å². The predicted molar refractivity (Wildman–Crippen MR) is 336 cm³/mol. The van der Waals surface area contributed by atoms with Crippen LogP contribution in [0.2, 0.25) is 0 Å². The quantitative estimate of drug-likeness (QED) is 0.0400. The van der Waals surface area contributed by atoms with E-state index in [0.717, 1.165) is 42.4 Å². The highest BCUT2D eigenvalue weighted by molar-refractivity contribution is 7.99. The van der Waals surface area contributed by atoms with E-state index in [1.165, 1.54) is 102 Å². The number of carbonyl (C=O) groups is 1. The van der Waals surface area contributed by atoms with Crippen LogP contribution in [0.4, 0.5) is 26.3 Å². The third kappa shape index (κ3) is 17.7. The van der Waals surface area contributed by atoms with E-state index >= 15 is 0 Å². The second kappa shape index (κ2) is 30.4. The minimum atomic E-state index is -5.70. The third-order valence-corrected chi connectivity index (χ3v) is 17.6. The van der Waals surface area contributed by atoms with Crippen molar-refractivity contribution in [2.45, 2.75) is 70.0 Å². The molecule has 12 N–H and O–H groups in total. The second-order valence-corrected chi connectivity index (χ2v) is 23.7. The SMILES string of the molecule is CCC(C)C(C)(c1ccc(O)cc1)c1ccc(O)cc1.O=C(c1ccc(O)cc1)c1ccc(O)cc1.O=S(=O)(c1ccc(O)cc1)c1ccccc1O.Oc1ccc(C(c2ccc(O)cc2)(C(F)(F)F)C(F)(F)F)cc1.Oc1ccc(Sc2ccc(O)cc2O)c(O)c1. The lowest BCUT2D eigenvalue weighted by atomic mass is 9.67. The van der Waals surface area contributed by atoms with Crippen LogP contribution in [-0.4, -0.2) is 87.8 Å². The molecule has 10 rings (SSSR count). The Kier molecular flexibility index (Phi) is 23.4. The highest BCUT2D eigenvalue weighted by Crippen LogP contribution is 2.56. The number of sulfone groups is 1. The number of benzene rings is 10. The summed E-state index contributed by atoms with van der Waals surface area (Å²) in [6, 6.07) is 51.5. The fraction of sp³-hybridized carbons (Fsp3) is 0.129. The van der Waals surface area contributed by atoms with Crippen LogP contribution in [0.1, 0.15) is 65.4 Å². The first-order valence-corrected chi connectivity index (χ1v) is 30.0. The van der Waals surface area contributed by atoms with Gasteiger partial charge in [-0.1, -0.05) is 99.6 Å². The Labute approximate surface area is 534 Å². The van der Waals surface area contributed by atoms with E-state index in [2.05, 4.69) is 20.8 Å². The lowest BCUT2D eigenvalue weighted by Crippen LogP contribution is -2.54. The number of carbonyl (C=O) groups excluding carboxylic acids is 1. The second-order valence-electron chi connectivity index (χ2n) is 20.7. The van der Waals surface area contributed by atoms with E-state index < -0.39 is 50.2 Å². The van der Waals surface area contributed by atoms with Crippen molar-refractivity contribution in [1.82, 2.24) is 0 Å². The minimum Gasteiger partial charge on any atom is -0.508 e. The summed E-state index contributed by atoms with van der Waals surface area (Å²) in [6.07, 6.45) is -10.3. The first-order valence-electron chi connectivity index (χ1n) is 27.7. The Morgan fingerprint density at radius 1 is 0.398 bits per heavy atom. The van der Waals surface area contributed by atoms with Gasteiger partial charge < -0.3 is 61.3 Å². The lowest BCUT2D eigenvalue weighted by molar-refractivity contribution is -0.288. The Balaban J connectivity index is 0.000000185. The molecule has 1 unspecified atom stereocenters. The summed E-state index contributed by atoms with van der Waals surface area (Å²) >= 11 is 1.14. The van der Waals surface area contributed by atoms with Crippen LogP contribution < -0.4 is 0 Å². The summed E-state index contributed by atoms with van der Waals surface area (Å²) < 4.78 is 106. The average molecular weight is 1320 g/mol. The Morgan fingerprint density at radius 2 is 0.688 bits per heavy atom. The number of phenolic OH excluding ortho intramolecular Hbond substituents is 12. The summed E-state index contributed by atoms with van der Waals surface area (Å²) in [4.78, 5) is 12.8. The summed E-state index contributed by atoms with van der Waals surface area (Å²) in [6.45, 7) is 6.64. The van der Waals surface area contributed by atoms with Gasteiger partial charge in [-0.25, -0.2) is 8.42 Å². The molecule has 0 aliphatic carbocycles. The van der Waals surface area contributed by atoms with Crippen molar-refractivity contribution in [3.05, 3.63) is 264 Å². The molecular weight excluding hydrogens is 1260 g/mol. The number of ketones is 1. The molecule has 0 aromatic heterocycles. The number of hydrogen-bond donors (Lipinski definition) is 12. The molecule has 1 atom stereocenters. The maximum absolute atomic E-state index is 13.6. The molecule has 0 fully saturated rings. The van der Waals surface area contributed by atoms with Gasteiger partial charge in [0, 0.05) is 28.7 Å². The van der Waals surface area contributed by atoms with E-state index in [0.29, 0.717) is 51.1 Å². The van der Waals surface area contributed by atoms with Crippen LogP contribution in [0.25, 0.3) is 0 Å². The van der Waals surface area contributed by atoms with Gasteiger partial charge in [-0.3, -0.25) is 4.79 Å². The summed E-state index contributed by atoms with van der Waals surface area (Å²) in [5.41, 5.74) is -3.22. The molecule has 0 spiro atoms. The van der Waals surface area contributed by atoms with Crippen molar-refractivity contribution in [3.8, 4) is 69.0 Å². The number of rotatable bonds is 12. The van der Waals surface area contributed by atoms with Gasteiger partial charge in [0.05, 0.1) is 14.7 Å². The van der Waals surface area contributed by atoms with Crippen LogP contribution >= 0.6 is 11.8 Å². The first kappa shape index (κ1) is 71.4. The number of phenols is 12. The van der Waals surface area contributed by atoms with Crippen LogP contribution in [0.3, 0.4) is 0 Å². The molecule has 0 aliphatic heterocycles. The number of hydrogen-bond acceptors (Lipinski definition) is 16. The molecule has 0 saturated heterocycles. The van der Waals surface area contributed by atoms with Crippen LogP contribution in [0.5, 0.6) is 69.0 Å². The molecule has 15 nitrogen and oxygen atoms in total. The Bertz CT molecular complexity index is 3990. The predicted octanol–water partition coefficient (Wildman–Crippen LogP) is 15.9. The number of alkyl halides is 6. The molecule has 0 bridgehead atoms. The summed E-state index contributed by atoms with van der Waals surface area (Å²) in [5, 5.41) is 112. The highest BCUT2D eigenvalue weighted by atomic mass is 32.2. The fourth-order valence-electron chi connectivity index (χ4n) is 9.30. The van der Waals surface area contributed by atoms with Gasteiger partial charge in [-0.2, -0.15) is 26.3 Å². The van der Waals surface area contributed by atoms with Gasteiger partial charge in [0.15, 0.2) is 5.78 Å². The molecule has 486 valence electrons. The molecule has 10 aromatic carbocycles. The smallest absolute Gasteiger partial charge is 0.411 e. The summed E-state index contributed by atoms with van der Waals surface area (Å²) in [7, 11) is -3.75. The van der Waals surface area contributed by atoms with E-state index in [-0.39, 0.29) is 78.5 Å². The van der Waals surface area contributed by atoms with Crippen LogP contribution in [0.15, 0.2) is 250 Å². The monoisotopic (exact) mass is 1320 g/mol.